The lowest BCUT2D eigenvalue weighted by molar-refractivity contribution is -0.290. The first-order valence-corrected chi connectivity index (χ1v) is 5.49. The van der Waals surface area contributed by atoms with E-state index < -0.39 is 5.82 Å². The number of hydrogen-bond donors (Lipinski definition) is 0. The van der Waals surface area contributed by atoms with Gasteiger partial charge in [0.25, 0.3) is 11.4 Å². The van der Waals surface area contributed by atoms with Gasteiger partial charge in [0.15, 0.2) is 6.04 Å². The maximum absolute atomic E-state index is 13.0. The Hall–Kier alpha value is -2.37. The Bertz CT molecular complexity index is 747. The number of rotatable bonds is 1. The van der Waals surface area contributed by atoms with Crippen LogP contribution in [0.2, 0.25) is 0 Å². The summed E-state index contributed by atoms with van der Waals surface area (Å²) in [6.07, 6.45) is 4.59. The van der Waals surface area contributed by atoms with E-state index in [1.807, 2.05) is 13.1 Å². The van der Waals surface area contributed by atoms with Crippen molar-refractivity contribution >= 4 is 24.0 Å². The molecule has 0 bridgehead atoms. The molecule has 1 aliphatic rings. The van der Waals surface area contributed by atoms with Crippen LogP contribution in [-0.2, 0) is 0 Å². The van der Waals surface area contributed by atoms with E-state index in [1.54, 1.807) is 10.9 Å². The first-order chi connectivity index (χ1) is 8.63. The molecule has 0 aliphatic carbocycles. The van der Waals surface area contributed by atoms with Gasteiger partial charge in [0, 0.05) is 6.07 Å². The molecule has 1 atom stereocenters. The SMILES string of the molecule is CC1C=[N+](c2cc(=O)n3cc(F)ccc3n2)C=N1. The standard InChI is InChI=1S/C12H10FN4O/c1-8-5-16(7-14-8)11-4-12(18)17-6-9(13)2-3-10(17)15-11/h2-8H,1H3/q+1. The van der Waals surface area contributed by atoms with Gasteiger partial charge in [0.2, 0.25) is 12.0 Å². The van der Waals surface area contributed by atoms with Crippen molar-refractivity contribution in [2.24, 2.45) is 4.99 Å². The average molecular weight is 245 g/mol. The summed E-state index contributed by atoms with van der Waals surface area (Å²) in [6, 6.07) is 4.17. The molecule has 0 aromatic carbocycles. The smallest absolute Gasteiger partial charge is 0.269 e. The minimum Gasteiger partial charge on any atom is -0.269 e. The van der Waals surface area contributed by atoms with Crippen LogP contribution in [0.3, 0.4) is 0 Å². The normalized spacial score (nSPS) is 18.3. The number of aliphatic imine (C=N–C) groups is 1. The van der Waals surface area contributed by atoms with Crippen LogP contribution in [0.4, 0.5) is 10.2 Å². The molecule has 0 N–H and O–H groups in total. The molecule has 6 heteroatoms. The molecule has 2 aromatic heterocycles. The van der Waals surface area contributed by atoms with Crippen LogP contribution in [-0.4, -0.2) is 32.6 Å². The molecule has 18 heavy (non-hydrogen) atoms. The third-order valence-corrected chi connectivity index (χ3v) is 2.68. The Morgan fingerprint density at radius 2 is 2.28 bits per heavy atom. The van der Waals surface area contributed by atoms with Crippen molar-refractivity contribution in [2.75, 3.05) is 0 Å². The second-order valence-electron chi connectivity index (χ2n) is 4.09. The minimum atomic E-state index is -0.470. The van der Waals surface area contributed by atoms with Crippen LogP contribution in [0.1, 0.15) is 6.92 Å². The number of hydrogen-bond acceptors (Lipinski definition) is 3. The van der Waals surface area contributed by atoms with Crippen molar-refractivity contribution in [1.29, 1.82) is 0 Å². The molecule has 5 nitrogen and oxygen atoms in total. The van der Waals surface area contributed by atoms with E-state index >= 15 is 0 Å². The lowest BCUT2D eigenvalue weighted by Gasteiger charge is -1.99. The van der Waals surface area contributed by atoms with Gasteiger partial charge < -0.3 is 0 Å². The highest BCUT2D eigenvalue weighted by Crippen LogP contribution is 2.09. The number of halogens is 1. The first-order valence-electron chi connectivity index (χ1n) is 5.49. The third-order valence-electron chi connectivity index (χ3n) is 2.68. The van der Waals surface area contributed by atoms with Crippen LogP contribution in [0, 0.1) is 5.82 Å². The van der Waals surface area contributed by atoms with Crippen molar-refractivity contribution in [2.45, 2.75) is 13.0 Å². The molecule has 0 amide bonds. The zero-order valence-electron chi connectivity index (χ0n) is 9.62. The van der Waals surface area contributed by atoms with E-state index in [2.05, 4.69) is 9.98 Å². The highest BCUT2D eigenvalue weighted by molar-refractivity contribution is 5.73. The molecule has 90 valence electrons. The van der Waals surface area contributed by atoms with Gasteiger partial charge in [-0.15, -0.1) is 4.99 Å². The predicted molar refractivity (Wildman–Crippen MR) is 65.4 cm³/mol. The molecule has 0 spiro atoms. The summed E-state index contributed by atoms with van der Waals surface area (Å²) in [5.41, 5.74) is 0.0797. The monoisotopic (exact) mass is 245 g/mol. The Balaban J connectivity index is 2.23. The Labute approximate surface area is 102 Å². The summed E-state index contributed by atoms with van der Waals surface area (Å²) in [6.45, 7) is 1.93. The highest BCUT2D eigenvalue weighted by Gasteiger charge is 2.17. The highest BCUT2D eigenvalue weighted by atomic mass is 19.1. The predicted octanol–water partition coefficient (Wildman–Crippen LogP) is 0.979. The van der Waals surface area contributed by atoms with Gasteiger partial charge in [-0.2, -0.15) is 0 Å². The largest absolute Gasteiger partial charge is 0.274 e. The van der Waals surface area contributed by atoms with E-state index in [4.69, 9.17) is 0 Å². The second-order valence-corrected chi connectivity index (χ2v) is 4.09. The van der Waals surface area contributed by atoms with Gasteiger partial charge in [-0.25, -0.2) is 8.97 Å². The van der Waals surface area contributed by atoms with Gasteiger partial charge >= 0.3 is 0 Å². The van der Waals surface area contributed by atoms with Gasteiger partial charge in [0.05, 0.1) is 18.5 Å². The summed E-state index contributed by atoms with van der Waals surface area (Å²) < 4.78 is 15.9. The summed E-state index contributed by atoms with van der Waals surface area (Å²) >= 11 is 0. The quantitative estimate of drug-likeness (QED) is 0.703. The van der Waals surface area contributed by atoms with E-state index in [0.29, 0.717) is 11.5 Å². The van der Waals surface area contributed by atoms with Crippen LogP contribution in [0.15, 0.2) is 34.2 Å². The Morgan fingerprint density at radius 1 is 1.44 bits per heavy atom. The van der Waals surface area contributed by atoms with Gasteiger partial charge in [-0.1, -0.05) is 4.98 Å². The van der Waals surface area contributed by atoms with Crippen molar-refractivity contribution in [3.05, 3.63) is 40.6 Å². The van der Waals surface area contributed by atoms with Crippen LogP contribution >= 0.6 is 0 Å². The summed E-state index contributed by atoms with van der Waals surface area (Å²) in [5, 5.41) is 0. The number of fused-ring (bicyclic) bond motifs is 1. The van der Waals surface area contributed by atoms with Crippen molar-refractivity contribution in [1.82, 2.24) is 9.38 Å². The van der Waals surface area contributed by atoms with Crippen molar-refractivity contribution in [3.8, 4) is 0 Å². The molecule has 0 saturated heterocycles. The molecule has 0 radical (unpaired) electrons. The average Bonchev–Trinajstić information content (AvgIpc) is 2.77. The molecule has 3 heterocycles. The van der Waals surface area contributed by atoms with Crippen molar-refractivity contribution < 1.29 is 8.97 Å². The lowest BCUT2D eigenvalue weighted by Crippen LogP contribution is -2.17. The fourth-order valence-corrected chi connectivity index (χ4v) is 1.82. The minimum absolute atomic E-state index is 0.0680. The number of pyridine rings is 1. The third kappa shape index (κ3) is 1.71. The number of aromatic nitrogens is 2. The van der Waals surface area contributed by atoms with Crippen LogP contribution in [0.25, 0.3) is 5.65 Å². The maximum atomic E-state index is 13.0. The second kappa shape index (κ2) is 3.83. The Kier molecular flexibility index (Phi) is 2.29. The van der Waals surface area contributed by atoms with Gasteiger partial charge in [0.1, 0.15) is 5.82 Å². The molecular formula is C12H10FN4O+. The topological polar surface area (TPSA) is 49.7 Å². The molecular weight excluding hydrogens is 235 g/mol. The number of nitrogens with zero attached hydrogens (tertiary/aromatic N) is 4. The van der Waals surface area contributed by atoms with Crippen LogP contribution < -0.4 is 5.56 Å². The molecule has 1 aliphatic heterocycles. The molecule has 3 rings (SSSR count). The molecule has 2 aromatic rings. The molecule has 0 saturated carbocycles. The zero-order valence-corrected chi connectivity index (χ0v) is 9.62. The van der Waals surface area contributed by atoms with E-state index in [0.717, 1.165) is 6.20 Å². The van der Waals surface area contributed by atoms with Crippen LogP contribution in [0.5, 0.6) is 0 Å². The summed E-state index contributed by atoms with van der Waals surface area (Å²) in [4.78, 5) is 20.3. The van der Waals surface area contributed by atoms with E-state index in [9.17, 15) is 9.18 Å². The Morgan fingerprint density at radius 3 is 3.00 bits per heavy atom. The summed E-state index contributed by atoms with van der Waals surface area (Å²) in [5.74, 6) is 0.0155. The summed E-state index contributed by atoms with van der Waals surface area (Å²) in [7, 11) is 0. The molecule has 1 unspecified atom stereocenters. The van der Waals surface area contributed by atoms with Gasteiger partial charge in [-0.05, 0) is 13.0 Å². The zero-order chi connectivity index (χ0) is 12.7. The lowest BCUT2D eigenvalue weighted by atomic mass is 10.4. The fraction of sp³-hybridized carbons (Fsp3) is 0.167. The van der Waals surface area contributed by atoms with Crippen molar-refractivity contribution in [3.63, 3.8) is 0 Å². The van der Waals surface area contributed by atoms with Gasteiger partial charge in [-0.3, -0.25) is 9.20 Å². The molecule has 0 fully saturated rings. The van der Waals surface area contributed by atoms with E-state index in [1.165, 1.54) is 22.6 Å². The van der Waals surface area contributed by atoms with E-state index in [-0.39, 0.29) is 11.6 Å². The first kappa shape index (κ1) is 10.8. The maximum Gasteiger partial charge on any atom is 0.274 e. The fourth-order valence-electron chi connectivity index (χ4n) is 1.82.